The van der Waals surface area contributed by atoms with Gasteiger partial charge in [0.25, 0.3) is 0 Å². The lowest BCUT2D eigenvalue weighted by Crippen LogP contribution is -2.37. The van der Waals surface area contributed by atoms with Gasteiger partial charge in [0, 0.05) is 18.5 Å². The van der Waals surface area contributed by atoms with Crippen molar-refractivity contribution in [1.29, 1.82) is 0 Å². The van der Waals surface area contributed by atoms with Crippen molar-refractivity contribution in [3.63, 3.8) is 0 Å². The zero-order chi connectivity index (χ0) is 15.9. The fourth-order valence-electron chi connectivity index (χ4n) is 4.22. The molecular formula is C20H28N2O. The number of nitrogens with one attached hydrogen (secondary N) is 1. The third-order valence-corrected chi connectivity index (χ3v) is 6.14. The summed E-state index contributed by atoms with van der Waals surface area (Å²) >= 11 is 0. The van der Waals surface area contributed by atoms with Gasteiger partial charge in [-0.15, -0.1) is 0 Å². The van der Waals surface area contributed by atoms with Crippen LogP contribution in [0.5, 0.6) is 0 Å². The Labute approximate surface area is 139 Å². The van der Waals surface area contributed by atoms with E-state index in [0.717, 1.165) is 32.5 Å². The van der Waals surface area contributed by atoms with Crippen LogP contribution in [0.25, 0.3) is 0 Å². The van der Waals surface area contributed by atoms with Crippen LogP contribution in [0, 0.1) is 11.3 Å². The normalized spacial score (nSPS) is 25.3. The van der Waals surface area contributed by atoms with Crippen LogP contribution in [-0.2, 0) is 17.8 Å². The predicted molar refractivity (Wildman–Crippen MR) is 92.0 cm³/mol. The number of carbonyl (C=O) groups excluding carboxylic acids is 1. The molecule has 4 rings (SSSR count). The lowest BCUT2D eigenvalue weighted by molar-refractivity contribution is -0.134. The van der Waals surface area contributed by atoms with Crippen LogP contribution in [0.1, 0.15) is 50.2 Å². The van der Waals surface area contributed by atoms with Crippen LogP contribution in [0.15, 0.2) is 24.3 Å². The van der Waals surface area contributed by atoms with Crippen LogP contribution in [0.4, 0.5) is 0 Å². The molecule has 1 aromatic carbocycles. The van der Waals surface area contributed by atoms with Crippen molar-refractivity contribution < 1.29 is 4.79 Å². The summed E-state index contributed by atoms with van der Waals surface area (Å²) in [5.74, 6) is 0.745. The zero-order valence-corrected chi connectivity index (χ0v) is 14.2. The monoisotopic (exact) mass is 312 g/mol. The van der Waals surface area contributed by atoms with Gasteiger partial charge >= 0.3 is 0 Å². The molecule has 0 aromatic heterocycles. The van der Waals surface area contributed by atoms with Crippen molar-refractivity contribution >= 4 is 5.91 Å². The van der Waals surface area contributed by atoms with Crippen LogP contribution in [0.3, 0.4) is 0 Å². The molecule has 1 N–H and O–H groups in total. The lowest BCUT2D eigenvalue weighted by Gasteiger charge is -2.27. The Morgan fingerprint density at radius 2 is 1.83 bits per heavy atom. The van der Waals surface area contributed by atoms with Gasteiger partial charge in [-0.2, -0.15) is 0 Å². The van der Waals surface area contributed by atoms with Crippen LogP contribution in [0.2, 0.25) is 0 Å². The summed E-state index contributed by atoms with van der Waals surface area (Å²) in [6.45, 7) is 5.16. The molecule has 3 fully saturated rings. The minimum Gasteiger partial charge on any atom is -0.335 e. The Bertz CT molecular complexity index is 570. The molecule has 1 unspecified atom stereocenters. The Balaban J connectivity index is 1.44. The first-order valence-electron chi connectivity index (χ1n) is 9.31. The van der Waals surface area contributed by atoms with Crippen molar-refractivity contribution in [3.05, 3.63) is 35.4 Å². The number of nitrogens with zero attached hydrogens (tertiary/aromatic N) is 1. The molecule has 1 saturated heterocycles. The summed E-state index contributed by atoms with van der Waals surface area (Å²) in [4.78, 5) is 15.3. The second kappa shape index (κ2) is 5.94. The number of rotatable bonds is 5. The average Bonchev–Trinajstić information content (AvgIpc) is 3.50. The Morgan fingerprint density at radius 1 is 1.17 bits per heavy atom. The van der Waals surface area contributed by atoms with E-state index in [1.807, 2.05) is 0 Å². The molecule has 2 aliphatic carbocycles. The van der Waals surface area contributed by atoms with Gasteiger partial charge in [-0.3, -0.25) is 4.79 Å². The average molecular weight is 312 g/mol. The fourth-order valence-corrected chi connectivity index (χ4v) is 4.22. The smallest absolute Gasteiger partial charge is 0.226 e. The minimum absolute atomic E-state index is 0.306. The van der Waals surface area contributed by atoms with Gasteiger partial charge in [0.2, 0.25) is 5.91 Å². The van der Waals surface area contributed by atoms with Crippen molar-refractivity contribution in [2.45, 2.75) is 58.0 Å². The summed E-state index contributed by atoms with van der Waals surface area (Å²) in [6, 6.07) is 9.32. The molecule has 1 aliphatic heterocycles. The van der Waals surface area contributed by atoms with E-state index < -0.39 is 0 Å². The van der Waals surface area contributed by atoms with Crippen LogP contribution in [-0.4, -0.2) is 29.9 Å². The number of hydrogen-bond acceptors (Lipinski definition) is 2. The SMILES string of the molecule is CCc1ccc(CN(C(=O)C2CC23CCNCC3)C2CC2)cc1. The molecule has 0 bridgehead atoms. The van der Waals surface area contributed by atoms with E-state index >= 15 is 0 Å². The first-order valence-corrected chi connectivity index (χ1v) is 9.31. The van der Waals surface area contributed by atoms with Gasteiger partial charge in [-0.1, -0.05) is 31.2 Å². The third kappa shape index (κ3) is 3.03. The topological polar surface area (TPSA) is 32.3 Å². The summed E-state index contributed by atoms with van der Waals surface area (Å²) in [7, 11) is 0. The van der Waals surface area contributed by atoms with E-state index in [2.05, 4.69) is 41.4 Å². The summed E-state index contributed by atoms with van der Waals surface area (Å²) in [6.07, 6.45) is 6.97. The van der Waals surface area contributed by atoms with Crippen molar-refractivity contribution in [2.75, 3.05) is 13.1 Å². The predicted octanol–water partition coefficient (Wildman–Crippen LogP) is 3.13. The van der Waals surface area contributed by atoms with Crippen molar-refractivity contribution in [2.24, 2.45) is 11.3 Å². The van der Waals surface area contributed by atoms with Crippen LogP contribution < -0.4 is 5.32 Å². The van der Waals surface area contributed by atoms with Gasteiger partial charge in [0.05, 0.1) is 0 Å². The summed E-state index contributed by atoms with van der Waals surface area (Å²) in [5, 5.41) is 3.43. The summed E-state index contributed by atoms with van der Waals surface area (Å²) in [5.41, 5.74) is 3.00. The maximum atomic E-state index is 13.1. The second-order valence-corrected chi connectivity index (χ2v) is 7.74. The van der Waals surface area contributed by atoms with Gasteiger partial charge in [-0.25, -0.2) is 0 Å². The van der Waals surface area contributed by atoms with E-state index in [9.17, 15) is 4.79 Å². The molecule has 3 aliphatic rings. The van der Waals surface area contributed by atoms with Gasteiger partial charge in [-0.05, 0) is 68.2 Å². The van der Waals surface area contributed by atoms with Gasteiger partial charge in [0.15, 0.2) is 0 Å². The molecule has 0 radical (unpaired) electrons. The second-order valence-electron chi connectivity index (χ2n) is 7.74. The molecule has 1 amide bonds. The maximum absolute atomic E-state index is 13.1. The Morgan fingerprint density at radius 3 is 2.43 bits per heavy atom. The van der Waals surface area contributed by atoms with E-state index in [-0.39, 0.29) is 0 Å². The third-order valence-electron chi connectivity index (χ3n) is 6.14. The number of benzene rings is 1. The molecule has 3 nitrogen and oxygen atoms in total. The minimum atomic E-state index is 0.306. The molecule has 1 spiro atoms. The van der Waals surface area contributed by atoms with Crippen molar-refractivity contribution in [1.82, 2.24) is 10.2 Å². The molecule has 1 aromatic rings. The van der Waals surface area contributed by atoms with E-state index in [1.165, 1.54) is 36.8 Å². The molecule has 23 heavy (non-hydrogen) atoms. The molecule has 2 saturated carbocycles. The van der Waals surface area contributed by atoms with Crippen LogP contribution >= 0.6 is 0 Å². The first-order chi connectivity index (χ1) is 11.2. The number of aryl methyl sites for hydroxylation is 1. The largest absolute Gasteiger partial charge is 0.335 e. The highest BCUT2D eigenvalue weighted by Gasteiger charge is 2.59. The molecule has 124 valence electrons. The van der Waals surface area contributed by atoms with E-state index in [0.29, 0.717) is 23.3 Å². The number of carbonyl (C=O) groups is 1. The molecule has 3 heteroatoms. The highest BCUT2D eigenvalue weighted by Crippen LogP contribution is 2.59. The summed E-state index contributed by atoms with van der Waals surface area (Å²) < 4.78 is 0. The van der Waals surface area contributed by atoms with E-state index in [1.54, 1.807) is 0 Å². The Kier molecular flexibility index (Phi) is 3.92. The number of amides is 1. The zero-order valence-electron chi connectivity index (χ0n) is 14.2. The fraction of sp³-hybridized carbons (Fsp3) is 0.650. The highest BCUT2D eigenvalue weighted by molar-refractivity contribution is 5.83. The molecule has 1 heterocycles. The van der Waals surface area contributed by atoms with Gasteiger partial charge in [0.1, 0.15) is 0 Å². The number of hydrogen-bond donors (Lipinski definition) is 1. The van der Waals surface area contributed by atoms with E-state index in [4.69, 9.17) is 0 Å². The first kappa shape index (κ1) is 15.2. The maximum Gasteiger partial charge on any atom is 0.226 e. The molecule has 1 atom stereocenters. The standard InChI is InChI=1S/C20H28N2O/c1-2-15-3-5-16(6-4-15)14-22(17-7-8-17)19(23)18-13-20(18)9-11-21-12-10-20/h3-6,17-18,21H,2,7-14H2,1H3. The van der Waals surface area contributed by atoms with Gasteiger partial charge < -0.3 is 10.2 Å². The Hall–Kier alpha value is -1.35. The van der Waals surface area contributed by atoms with Crippen molar-refractivity contribution in [3.8, 4) is 0 Å². The lowest BCUT2D eigenvalue weighted by atomic mass is 9.91. The highest BCUT2D eigenvalue weighted by atomic mass is 16.2. The quantitative estimate of drug-likeness (QED) is 0.906. The number of piperidine rings is 1. The molecular weight excluding hydrogens is 284 g/mol.